The third kappa shape index (κ3) is 3.92. The van der Waals surface area contributed by atoms with Gasteiger partial charge in [-0.25, -0.2) is 0 Å². The summed E-state index contributed by atoms with van der Waals surface area (Å²) in [7, 11) is 0. The first-order valence-electron chi connectivity index (χ1n) is 7.86. The van der Waals surface area contributed by atoms with E-state index in [9.17, 15) is 9.59 Å². The molecule has 0 aromatic carbocycles. The first-order valence-corrected chi connectivity index (χ1v) is 7.86. The Morgan fingerprint density at radius 1 is 1.38 bits per heavy atom. The minimum Gasteiger partial charge on any atom is -0.465 e. The van der Waals surface area contributed by atoms with Crippen molar-refractivity contribution in [2.75, 3.05) is 18.4 Å². The Hall–Kier alpha value is -2.83. The van der Waals surface area contributed by atoms with Gasteiger partial charge in [0.25, 0.3) is 0 Å². The molecule has 0 aliphatic carbocycles. The number of piperidine rings is 1. The van der Waals surface area contributed by atoms with Gasteiger partial charge in [-0.1, -0.05) is 5.16 Å². The van der Waals surface area contributed by atoms with Gasteiger partial charge in [0.1, 0.15) is 11.5 Å². The lowest BCUT2D eigenvalue weighted by atomic mass is 9.96. The molecule has 1 aliphatic rings. The second kappa shape index (κ2) is 7.16. The molecule has 2 aromatic rings. The fourth-order valence-electron chi connectivity index (χ4n) is 2.66. The van der Waals surface area contributed by atoms with Crippen LogP contribution in [0.25, 0.3) is 6.08 Å². The maximum Gasteiger partial charge on any atom is 0.246 e. The van der Waals surface area contributed by atoms with E-state index in [0.717, 1.165) is 0 Å². The molecule has 3 rings (SSSR count). The lowest BCUT2D eigenvalue weighted by Gasteiger charge is -2.30. The van der Waals surface area contributed by atoms with E-state index in [0.29, 0.717) is 43.3 Å². The monoisotopic (exact) mass is 329 g/mol. The van der Waals surface area contributed by atoms with E-state index >= 15 is 0 Å². The van der Waals surface area contributed by atoms with Crippen LogP contribution < -0.4 is 5.32 Å². The van der Waals surface area contributed by atoms with Crippen molar-refractivity contribution < 1.29 is 18.5 Å². The smallest absolute Gasteiger partial charge is 0.246 e. The number of aryl methyl sites for hydroxylation is 1. The van der Waals surface area contributed by atoms with E-state index in [1.54, 1.807) is 42.4 Å². The topological polar surface area (TPSA) is 88.6 Å². The Bertz CT molecular complexity index is 725. The summed E-state index contributed by atoms with van der Waals surface area (Å²) in [5, 5.41) is 6.50. The molecule has 126 valence electrons. The second-order valence-corrected chi connectivity index (χ2v) is 5.76. The van der Waals surface area contributed by atoms with Crippen molar-refractivity contribution in [1.29, 1.82) is 0 Å². The van der Waals surface area contributed by atoms with Crippen LogP contribution in [0.1, 0.15) is 24.4 Å². The van der Waals surface area contributed by atoms with Gasteiger partial charge in [0, 0.05) is 31.1 Å². The molecule has 0 bridgehead atoms. The normalized spacial score (nSPS) is 15.8. The molecule has 2 aromatic heterocycles. The summed E-state index contributed by atoms with van der Waals surface area (Å²) in [6.45, 7) is 2.87. The number of likely N-dealkylation sites (tertiary alicyclic amines) is 1. The molecule has 2 amide bonds. The van der Waals surface area contributed by atoms with Gasteiger partial charge in [-0.15, -0.1) is 0 Å². The van der Waals surface area contributed by atoms with E-state index in [2.05, 4.69) is 10.5 Å². The van der Waals surface area contributed by atoms with Gasteiger partial charge in [-0.3, -0.25) is 9.59 Å². The van der Waals surface area contributed by atoms with Gasteiger partial charge in [0.05, 0.1) is 6.26 Å². The molecule has 7 nitrogen and oxygen atoms in total. The van der Waals surface area contributed by atoms with Crippen molar-refractivity contribution in [3.8, 4) is 0 Å². The Balaban J connectivity index is 1.48. The van der Waals surface area contributed by atoms with Crippen LogP contribution in [0.4, 0.5) is 5.82 Å². The maximum absolute atomic E-state index is 12.2. The summed E-state index contributed by atoms with van der Waals surface area (Å²) in [6.07, 6.45) is 5.96. The van der Waals surface area contributed by atoms with Crippen molar-refractivity contribution in [2.45, 2.75) is 19.8 Å². The predicted molar refractivity (Wildman–Crippen MR) is 86.9 cm³/mol. The number of rotatable bonds is 4. The van der Waals surface area contributed by atoms with Crippen molar-refractivity contribution >= 4 is 23.7 Å². The number of nitrogens with one attached hydrogen (secondary N) is 1. The molecule has 0 atom stereocenters. The number of aromatic nitrogens is 1. The molecule has 0 radical (unpaired) electrons. The number of carbonyl (C=O) groups excluding carboxylic acids is 2. The average molecular weight is 329 g/mol. The number of carbonyl (C=O) groups is 2. The van der Waals surface area contributed by atoms with Crippen LogP contribution in [0.5, 0.6) is 0 Å². The summed E-state index contributed by atoms with van der Waals surface area (Å²) in [5.41, 5.74) is 0. The molecule has 24 heavy (non-hydrogen) atoms. The Labute approximate surface area is 139 Å². The number of hydrogen-bond acceptors (Lipinski definition) is 5. The standard InChI is InChI=1S/C17H19N3O4/c1-12-11-15(19-24-12)18-17(22)13-6-8-20(9-7-13)16(21)5-4-14-3-2-10-23-14/h2-5,10-11,13H,6-9H2,1H3,(H,18,19,22)/b5-4-. The van der Waals surface area contributed by atoms with Crippen molar-refractivity contribution in [1.82, 2.24) is 10.1 Å². The van der Waals surface area contributed by atoms with Gasteiger partial charge < -0.3 is 19.2 Å². The van der Waals surface area contributed by atoms with Crippen LogP contribution in [-0.4, -0.2) is 35.0 Å². The molecule has 1 fully saturated rings. The molecule has 0 saturated carbocycles. The number of amides is 2. The molecular formula is C17H19N3O4. The maximum atomic E-state index is 12.2. The summed E-state index contributed by atoms with van der Waals surface area (Å²) in [5.74, 6) is 1.44. The second-order valence-electron chi connectivity index (χ2n) is 5.76. The Kier molecular flexibility index (Phi) is 4.79. The zero-order chi connectivity index (χ0) is 16.9. The summed E-state index contributed by atoms with van der Waals surface area (Å²) in [6, 6.07) is 5.23. The fourth-order valence-corrected chi connectivity index (χ4v) is 2.66. The molecule has 0 unspecified atom stereocenters. The van der Waals surface area contributed by atoms with Crippen LogP contribution in [-0.2, 0) is 9.59 Å². The minimum atomic E-state index is -0.125. The summed E-state index contributed by atoms with van der Waals surface area (Å²) < 4.78 is 10.1. The van der Waals surface area contributed by atoms with Crippen LogP contribution in [0, 0.1) is 12.8 Å². The van der Waals surface area contributed by atoms with Gasteiger partial charge in [-0.2, -0.15) is 0 Å². The number of anilines is 1. The highest BCUT2D eigenvalue weighted by Gasteiger charge is 2.27. The van der Waals surface area contributed by atoms with Crippen LogP contribution >= 0.6 is 0 Å². The van der Waals surface area contributed by atoms with Gasteiger partial charge in [0.2, 0.25) is 11.8 Å². The number of furan rings is 1. The average Bonchev–Trinajstić information content (AvgIpc) is 3.24. The van der Waals surface area contributed by atoms with E-state index in [1.807, 2.05) is 0 Å². The third-order valence-electron chi connectivity index (χ3n) is 3.99. The van der Waals surface area contributed by atoms with Crippen LogP contribution in [0.3, 0.4) is 0 Å². The molecule has 1 aliphatic heterocycles. The zero-order valence-corrected chi connectivity index (χ0v) is 13.4. The van der Waals surface area contributed by atoms with E-state index in [1.165, 1.54) is 6.08 Å². The van der Waals surface area contributed by atoms with Crippen molar-refractivity contribution in [3.05, 3.63) is 42.1 Å². The van der Waals surface area contributed by atoms with Crippen molar-refractivity contribution in [3.63, 3.8) is 0 Å². The number of nitrogens with zero attached hydrogens (tertiary/aromatic N) is 2. The van der Waals surface area contributed by atoms with Gasteiger partial charge in [0.15, 0.2) is 5.82 Å². The molecule has 0 spiro atoms. The first-order chi connectivity index (χ1) is 11.6. The quantitative estimate of drug-likeness (QED) is 0.871. The highest BCUT2D eigenvalue weighted by molar-refractivity contribution is 5.93. The lowest BCUT2D eigenvalue weighted by Crippen LogP contribution is -2.40. The predicted octanol–water partition coefficient (Wildman–Crippen LogP) is 2.47. The SMILES string of the molecule is Cc1cc(NC(=O)C2CCN(C(=O)/C=C\c3ccco3)CC2)no1. The van der Waals surface area contributed by atoms with E-state index in [4.69, 9.17) is 8.94 Å². The van der Waals surface area contributed by atoms with Crippen LogP contribution in [0.2, 0.25) is 0 Å². The fraction of sp³-hybridized carbons (Fsp3) is 0.353. The van der Waals surface area contributed by atoms with Crippen LogP contribution in [0.15, 0.2) is 39.5 Å². The lowest BCUT2D eigenvalue weighted by molar-refractivity contribution is -0.130. The van der Waals surface area contributed by atoms with E-state index < -0.39 is 0 Å². The van der Waals surface area contributed by atoms with Gasteiger partial charge >= 0.3 is 0 Å². The molecule has 3 heterocycles. The van der Waals surface area contributed by atoms with E-state index in [-0.39, 0.29) is 17.7 Å². The zero-order valence-electron chi connectivity index (χ0n) is 13.4. The summed E-state index contributed by atoms with van der Waals surface area (Å²) >= 11 is 0. The van der Waals surface area contributed by atoms with Crippen molar-refractivity contribution in [2.24, 2.45) is 5.92 Å². The Morgan fingerprint density at radius 2 is 2.17 bits per heavy atom. The molecule has 7 heteroatoms. The summed E-state index contributed by atoms with van der Waals surface area (Å²) in [4.78, 5) is 26.1. The molecular weight excluding hydrogens is 310 g/mol. The third-order valence-corrected chi connectivity index (χ3v) is 3.99. The Morgan fingerprint density at radius 3 is 2.79 bits per heavy atom. The first kappa shape index (κ1) is 16.0. The molecule has 1 N–H and O–H groups in total. The largest absolute Gasteiger partial charge is 0.465 e. The highest BCUT2D eigenvalue weighted by Crippen LogP contribution is 2.20. The highest BCUT2D eigenvalue weighted by atomic mass is 16.5. The molecule has 1 saturated heterocycles. The minimum absolute atomic E-state index is 0.0719. The number of hydrogen-bond donors (Lipinski definition) is 1. The van der Waals surface area contributed by atoms with Gasteiger partial charge in [-0.05, 0) is 38.0 Å².